The highest BCUT2D eigenvalue weighted by Gasteiger charge is 2.14. The molecule has 8 nitrogen and oxygen atoms in total. The molecule has 0 saturated heterocycles. The van der Waals surface area contributed by atoms with E-state index in [9.17, 15) is 18.8 Å². The SMILES string of the molecule is CC(=O)c1ccc(NC(=O)CSc2nnc3c(=O)n(-c4cccc(F)c4)ccn23)cc1. The lowest BCUT2D eigenvalue weighted by Gasteiger charge is -2.07. The largest absolute Gasteiger partial charge is 0.325 e. The Hall–Kier alpha value is -3.79. The number of Topliss-reactive ketones (excluding diaryl/α,β-unsaturated/α-hetero) is 1. The van der Waals surface area contributed by atoms with Gasteiger partial charge < -0.3 is 5.32 Å². The third kappa shape index (κ3) is 4.38. The van der Waals surface area contributed by atoms with Gasteiger partial charge >= 0.3 is 5.56 Å². The summed E-state index contributed by atoms with van der Waals surface area (Å²) in [5.41, 5.74) is 1.11. The predicted octanol–water partition coefficient (Wildman–Crippen LogP) is 2.95. The van der Waals surface area contributed by atoms with Gasteiger partial charge in [-0.15, -0.1) is 10.2 Å². The number of aromatic nitrogens is 4. The van der Waals surface area contributed by atoms with Crippen molar-refractivity contribution in [3.05, 3.63) is 82.7 Å². The van der Waals surface area contributed by atoms with E-state index in [1.165, 1.54) is 40.3 Å². The first-order valence-corrected chi connectivity index (χ1v) is 10.2. The number of carbonyl (C=O) groups excluding carboxylic acids is 2. The van der Waals surface area contributed by atoms with E-state index in [1.54, 1.807) is 36.5 Å². The van der Waals surface area contributed by atoms with Crippen molar-refractivity contribution in [1.82, 2.24) is 19.2 Å². The first-order valence-electron chi connectivity index (χ1n) is 9.18. The zero-order valence-corrected chi connectivity index (χ0v) is 17.1. The molecule has 0 saturated carbocycles. The van der Waals surface area contributed by atoms with Crippen LogP contribution in [0.1, 0.15) is 17.3 Å². The lowest BCUT2D eigenvalue weighted by molar-refractivity contribution is -0.113. The highest BCUT2D eigenvalue weighted by atomic mass is 32.2. The van der Waals surface area contributed by atoms with Gasteiger partial charge in [0.25, 0.3) is 0 Å². The number of ketones is 1. The Morgan fingerprint density at radius 3 is 2.58 bits per heavy atom. The monoisotopic (exact) mass is 437 g/mol. The predicted molar refractivity (Wildman–Crippen MR) is 114 cm³/mol. The molecule has 10 heteroatoms. The molecule has 2 heterocycles. The second-order valence-electron chi connectivity index (χ2n) is 6.60. The molecule has 1 N–H and O–H groups in total. The molecule has 0 aliphatic heterocycles. The van der Waals surface area contributed by atoms with Crippen LogP contribution in [-0.4, -0.2) is 36.6 Å². The average molecular weight is 437 g/mol. The molecule has 1 amide bonds. The van der Waals surface area contributed by atoms with E-state index in [0.717, 1.165) is 11.8 Å². The summed E-state index contributed by atoms with van der Waals surface area (Å²) < 4.78 is 16.2. The zero-order valence-electron chi connectivity index (χ0n) is 16.3. The fourth-order valence-electron chi connectivity index (χ4n) is 2.91. The van der Waals surface area contributed by atoms with Crippen molar-refractivity contribution in [2.75, 3.05) is 11.1 Å². The van der Waals surface area contributed by atoms with E-state index >= 15 is 0 Å². The Kier molecular flexibility index (Phi) is 5.63. The van der Waals surface area contributed by atoms with Crippen LogP contribution in [-0.2, 0) is 4.79 Å². The number of halogens is 1. The molecule has 0 spiro atoms. The molecule has 0 radical (unpaired) electrons. The molecular formula is C21H16FN5O3S. The van der Waals surface area contributed by atoms with Gasteiger partial charge in [0.15, 0.2) is 10.9 Å². The van der Waals surface area contributed by atoms with Crippen molar-refractivity contribution in [3.63, 3.8) is 0 Å². The van der Waals surface area contributed by atoms with Crippen molar-refractivity contribution in [3.8, 4) is 5.69 Å². The molecule has 2 aromatic heterocycles. The minimum atomic E-state index is -0.456. The van der Waals surface area contributed by atoms with Gasteiger partial charge in [-0.2, -0.15) is 0 Å². The van der Waals surface area contributed by atoms with Crippen molar-refractivity contribution in [2.45, 2.75) is 12.1 Å². The van der Waals surface area contributed by atoms with E-state index in [1.807, 2.05) is 0 Å². The highest BCUT2D eigenvalue weighted by Crippen LogP contribution is 2.17. The number of fused-ring (bicyclic) bond motifs is 1. The van der Waals surface area contributed by atoms with Crippen LogP contribution in [0.5, 0.6) is 0 Å². The lowest BCUT2D eigenvalue weighted by Crippen LogP contribution is -2.20. The Bertz CT molecular complexity index is 1350. The third-order valence-electron chi connectivity index (χ3n) is 4.43. The van der Waals surface area contributed by atoms with Crippen LogP contribution in [0.3, 0.4) is 0 Å². The van der Waals surface area contributed by atoms with Gasteiger partial charge in [0.05, 0.1) is 11.4 Å². The summed E-state index contributed by atoms with van der Waals surface area (Å²) in [5.74, 6) is -0.736. The summed E-state index contributed by atoms with van der Waals surface area (Å²) in [6.07, 6.45) is 3.08. The Morgan fingerprint density at radius 1 is 1.10 bits per heavy atom. The van der Waals surface area contributed by atoms with Crippen LogP contribution in [0.2, 0.25) is 0 Å². The van der Waals surface area contributed by atoms with Gasteiger partial charge in [-0.25, -0.2) is 4.39 Å². The van der Waals surface area contributed by atoms with E-state index in [4.69, 9.17) is 0 Å². The zero-order chi connectivity index (χ0) is 22.0. The smallest absolute Gasteiger partial charge is 0.300 e. The van der Waals surface area contributed by atoms with E-state index in [2.05, 4.69) is 15.5 Å². The fraction of sp³-hybridized carbons (Fsp3) is 0.0952. The van der Waals surface area contributed by atoms with E-state index in [-0.39, 0.29) is 23.1 Å². The fourth-order valence-corrected chi connectivity index (χ4v) is 3.63. The molecular weight excluding hydrogens is 421 g/mol. The highest BCUT2D eigenvalue weighted by molar-refractivity contribution is 7.99. The molecule has 0 bridgehead atoms. The lowest BCUT2D eigenvalue weighted by atomic mass is 10.1. The number of rotatable bonds is 6. The summed E-state index contributed by atoms with van der Waals surface area (Å²) >= 11 is 1.12. The molecule has 156 valence electrons. The van der Waals surface area contributed by atoms with E-state index < -0.39 is 11.4 Å². The number of nitrogens with zero attached hydrogens (tertiary/aromatic N) is 4. The molecule has 2 aromatic carbocycles. The van der Waals surface area contributed by atoms with Gasteiger partial charge in [0, 0.05) is 23.6 Å². The minimum absolute atomic E-state index is 0.0439. The van der Waals surface area contributed by atoms with Crippen molar-refractivity contribution in [2.24, 2.45) is 0 Å². The number of anilines is 1. The number of hydrogen-bond donors (Lipinski definition) is 1. The maximum absolute atomic E-state index is 13.5. The summed E-state index contributed by atoms with van der Waals surface area (Å²) in [4.78, 5) is 36.3. The molecule has 0 unspecified atom stereocenters. The van der Waals surface area contributed by atoms with Crippen LogP contribution in [0, 0.1) is 5.82 Å². The quantitative estimate of drug-likeness (QED) is 0.368. The third-order valence-corrected chi connectivity index (χ3v) is 5.38. The first-order chi connectivity index (χ1) is 14.9. The number of hydrogen-bond acceptors (Lipinski definition) is 6. The Balaban J connectivity index is 1.48. The molecule has 0 aliphatic rings. The number of nitrogens with one attached hydrogen (secondary N) is 1. The van der Waals surface area contributed by atoms with Gasteiger partial charge in [-0.3, -0.25) is 23.4 Å². The maximum atomic E-state index is 13.5. The number of benzene rings is 2. The summed E-state index contributed by atoms with van der Waals surface area (Å²) in [5, 5.41) is 11.0. The Labute approximate surface area is 179 Å². The summed E-state index contributed by atoms with van der Waals surface area (Å²) in [6.45, 7) is 1.47. The molecule has 0 fully saturated rings. The number of amides is 1. The number of carbonyl (C=O) groups is 2. The van der Waals surface area contributed by atoms with Crippen LogP contribution in [0.25, 0.3) is 11.3 Å². The molecule has 0 aliphatic carbocycles. The first kappa shape index (κ1) is 20.5. The summed E-state index contributed by atoms with van der Waals surface area (Å²) in [6, 6.07) is 12.3. The van der Waals surface area contributed by atoms with Crippen molar-refractivity contribution >= 4 is 34.8 Å². The molecule has 4 aromatic rings. The van der Waals surface area contributed by atoms with Crippen molar-refractivity contribution < 1.29 is 14.0 Å². The molecule has 0 atom stereocenters. The van der Waals surface area contributed by atoms with Gasteiger partial charge in [-0.05, 0) is 49.4 Å². The van der Waals surface area contributed by atoms with Crippen LogP contribution >= 0.6 is 11.8 Å². The van der Waals surface area contributed by atoms with E-state index in [0.29, 0.717) is 22.1 Å². The normalized spacial score (nSPS) is 10.9. The Morgan fingerprint density at radius 2 is 1.87 bits per heavy atom. The minimum Gasteiger partial charge on any atom is -0.325 e. The van der Waals surface area contributed by atoms with Crippen LogP contribution < -0.4 is 10.9 Å². The topological polar surface area (TPSA) is 98.4 Å². The molecule has 4 rings (SSSR count). The second kappa shape index (κ2) is 8.52. The van der Waals surface area contributed by atoms with Gasteiger partial charge in [0.2, 0.25) is 11.6 Å². The van der Waals surface area contributed by atoms with Crippen LogP contribution in [0.15, 0.2) is 70.9 Å². The maximum Gasteiger partial charge on any atom is 0.300 e. The van der Waals surface area contributed by atoms with Gasteiger partial charge in [-0.1, -0.05) is 17.8 Å². The van der Waals surface area contributed by atoms with Gasteiger partial charge in [0.1, 0.15) is 5.82 Å². The molecule has 31 heavy (non-hydrogen) atoms. The standard InChI is InChI=1S/C21H16FN5O3S/c1-13(28)14-5-7-16(8-6-14)23-18(29)12-31-21-25-24-19-20(30)26(9-10-27(19)21)17-4-2-3-15(22)11-17/h2-11H,12H2,1H3,(H,23,29). The summed E-state index contributed by atoms with van der Waals surface area (Å²) in [7, 11) is 0. The second-order valence-corrected chi connectivity index (χ2v) is 7.54. The number of thioether (sulfide) groups is 1. The van der Waals surface area contributed by atoms with Crippen LogP contribution in [0.4, 0.5) is 10.1 Å². The van der Waals surface area contributed by atoms with Crippen molar-refractivity contribution in [1.29, 1.82) is 0 Å². The average Bonchev–Trinajstić information content (AvgIpc) is 3.17.